The molecule has 24 heavy (non-hydrogen) atoms. The quantitative estimate of drug-likeness (QED) is 0.745. The number of amidine groups is 1. The van der Waals surface area contributed by atoms with Gasteiger partial charge in [0.2, 0.25) is 0 Å². The first-order valence-corrected chi connectivity index (χ1v) is 9.96. The molecule has 0 amide bonds. The van der Waals surface area contributed by atoms with Gasteiger partial charge in [-0.15, -0.1) is 0 Å². The molecule has 1 aromatic carbocycles. The third-order valence-corrected chi connectivity index (χ3v) is 6.07. The maximum atomic E-state index is 5.64. The summed E-state index contributed by atoms with van der Waals surface area (Å²) in [5.74, 6) is 0.883. The second-order valence-corrected chi connectivity index (χ2v) is 7.57. The molecule has 0 unspecified atom stereocenters. The van der Waals surface area contributed by atoms with Crippen molar-refractivity contribution in [2.45, 2.75) is 38.0 Å². The average molecular weight is 364 g/mol. The van der Waals surface area contributed by atoms with E-state index in [2.05, 4.69) is 28.9 Å². The molecule has 6 heteroatoms. The van der Waals surface area contributed by atoms with Crippen LogP contribution in [0.15, 0.2) is 29.3 Å². The Morgan fingerprint density at radius 3 is 2.54 bits per heavy atom. The van der Waals surface area contributed by atoms with E-state index in [4.69, 9.17) is 21.9 Å². The molecule has 1 atom stereocenters. The number of nitrogens with zero attached hydrogens (tertiary/aromatic N) is 3. The lowest BCUT2D eigenvalue weighted by atomic mass is 10.1. The zero-order valence-corrected chi connectivity index (χ0v) is 16.0. The van der Waals surface area contributed by atoms with Gasteiger partial charge in [0, 0.05) is 19.6 Å². The predicted octanol–water partition coefficient (Wildman–Crippen LogP) is 4.28. The van der Waals surface area contributed by atoms with Gasteiger partial charge in [0.05, 0.1) is 7.11 Å². The largest absolute Gasteiger partial charge is 0.497 e. The SMILES string of the molecule is CCCN1C(=S)N=C(N2CCCCC2)S[C@@H]1c1ccc(OC)cc1. The minimum atomic E-state index is 0.192. The third kappa shape index (κ3) is 3.86. The van der Waals surface area contributed by atoms with Crippen LogP contribution in [-0.4, -0.2) is 46.8 Å². The van der Waals surface area contributed by atoms with E-state index in [1.807, 2.05) is 23.9 Å². The zero-order valence-electron chi connectivity index (χ0n) is 14.4. The van der Waals surface area contributed by atoms with Gasteiger partial charge in [-0.3, -0.25) is 0 Å². The summed E-state index contributed by atoms with van der Waals surface area (Å²) in [5, 5.41) is 2.00. The minimum absolute atomic E-state index is 0.192. The Bertz CT molecular complexity index is 597. The average Bonchev–Trinajstić information content (AvgIpc) is 2.64. The van der Waals surface area contributed by atoms with Crippen LogP contribution in [0.5, 0.6) is 5.75 Å². The van der Waals surface area contributed by atoms with Crippen molar-refractivity contribution in [3.05, 3.63) is 29.8 Å². The Labute approximate surface area is 154 Å². The maximum absolute atomic E-state index is 5.64. The molecule has 2 heterocycles. The van der Waals surface area contributed by atoms with Crippen LogP contribution in [0.4, 0.5) is 0 Å². The minimum Gasteiger partial charge on any atom is -0.497 e. The maximum Gasteiger partial charge on any atom is 0.199 e. The molecule has 2 aliphatic heterocycles. The number of methoxy groups -OCH3 is 1. The molecule has 4 nitrogen and oxygen atoms in total. The van der Waals surface area contributed by atoms with Crippen LogP contribution in [0.3, 0.4) is 0 Å². The number of piperidine rings is 1. The molecule has 1 fully saturated rings. The van der Waals surface area contributed by atoms with Gasteiger partial charge in [-0.2, -0.15) is 4.99 Å². The lowest BCUT2D eigenvalue weighted by molar-refractivity contribution is 0.343. The van der Waals surface area contributed by atoms with E-state index in [9.17, 15) is 0 Å². The summed E-state index contributed by atoms with van der Waals surface area (Å²) in [6.07, 6.45) is 4.88. The Morgan fingerprint density at radius 2 is 1.92 bits per heavy atom. The van der Waals surface area contributed by atoms with Crippen molar-refractivity contribution < 1.29 is 4.74 Å². The number of rotatable bonds is 4. The summed E-state index contributed by atoms with van der Waals surface area (Å²) in [6, 6.07) is 8.33. The van der Waals surface area contributed by atoms with Crippen LogP contribution in [-0.2, 0) is 0 Å². The number of benzene rings is 1. The monoisotopic (exact) mass is 363 g/mol. The van der Waals surface area contributed by atoms with Crippen LogP contribution in [0.1, 0.15) is 43.5 Å². The number of thiocarbonyl (C=S) groups is 1. The van der Waals surface area contributed by atoms with E-state index in [-0.39, 0.29) is 5.37 Å². The highest BCUT2D eigenvalue weighted by Crippen LogP contribution is 2.39. The molecule has 0 N–H and O–H groups in total. The summed E-state index contributed by atoms with van der Waals surface area (Å²) in [7, 11) is 1.70. The lowest BCUT2D eigenvalue weighted by Crippen LogP contribution is -2.42. The summed E-state index contributed by atoms with van der Waals surface area (Å²) in [6.45, 7) is 5.30. The molecule has 3 rings (SSSR count). The number of likely N-dealkylation sites (tertiary alicyclic amines) is 1. The molecule has 130 valence electrons. The van der Waals surface area contributed by atoms with Crippen molar-refractivity contribution in [3.8, 4) is 5.75 Å². The number of thioether (sulfide) groups is 1. The van der Waals surface area contributed by atoms with Crippen LogP contribution < -0.4 is 4.74 Å². The lowest BCUT2D eigenvalue weighted by Gasteiger charge is -2.39. The molecule has 0 spiro atoms. The van der Waals surface area contributed by atoms with E-state index in [1.165, 1.54) is 24.8 Å². The Hall–Kier alpha value is -1.27. The molecule has 1 saturated heterocycles. The molecule has 0 aliphatic carbocycles. The van der Waals surface area contributed by atoms with Gasteiger partial charge in [-0.25, -0.2) is 0 Å². The van der Waals surface area contributed by atoms with E-state index >= 15 is 0 Å². The van der Waals surface area contributed by atoms with E-state index in [0.29, 0.717) is 0 Å². The van der Waals surface area contributed by atoms with Gasteiger partial charge in [-0.1, -0.05) is 30.8 Å². The van der Waals surface area contributed by atoms with E-state index < -0.39 is 0 Å². The van der Waals surface area contributed by atoms with Gasteiger partial charge in [0.15, 0.2) is 10.3 Å². The standard InChI is InChI=1S/C18H25N3OS2/c1-3-11-21-16(14-7-9-15(22-2)10-8-14)24-18(19-17(21)23)20-12-5-4-6-13-20/h7-10,16H,3-6,11-13H2,1-2H3/t16-/m1/s1. The smallest absolute Gasteiger partial charge is 0.199 e. The zero-order chi connectivity index (χ0) is 16.9. The normalized spacial score (nSPS) is 21.7. The van der Waals surface area contributed by atoms with Gasteiger partial charge >= 0.3 is 0 Å². The highest BCUT2D eigenvalue weighted by Gasteiger charge is 2.31. The van der Waals surface area contributed by atoms with Crippen molar-refractivity contribution in [1.29, 1.82) is 0 Å². The number of hydrogen-bond donors (Lipinski definition) is 0. The van der Waals surface area contributed by atoms with Crippen molar-refractivity contribution in [3.63, 3.8) is 0 Å². The molecule has 2 aliphatic rings. The first kappa shape index (κ1) is 17.5. The molecular weight excluding hydrogens is 338 g/mol. The summed E-state index contributed by atoms with van der Waals surface area (Å²) in [5.41, 5.74) is 1.25. The molecule has 0 bridgehead atoms. The Balaban J connectivity index is 1.86. The fourth-order valence-corrected chi connectivity index (χ4v) is 4.84. The molecule has 0 aromatic heterocycles. The summed E-state index contributed by atoms with van der Waals surface area (Å²) < 4.78 is 5.29. The predicted molar refractivity (Wildman–Crippen MR) is 106 cm³/mol. The van der Waals surface area contributed by atoms with E-state index in [0.717, 1.165) is 42.1 Å². The van der Waals surface area contributed by atoms with Crippen LogP contribution >= 0.6 is 24.0 Å². The highest BCUT2D eigenvalue weighted by molar-refractivity contribution is 8.14. The van der Waals surface area contributed by atoms with Crippen LogP contribution in [0.2, 0.25) is 0 Å². The highest BCUT2D eigenvalue weighted by atomic mass is 32.2. The first-order valence-electron chi connectivity index (χ1n) is 8.67. The summed E-state index contributed by atoms with van der Waals surface area (Å²) in [4.78, 5) is 9.40. The van der Waals surface area contributed by atoms with Crippen molar-refractivity contribution in [1.82, 2.24) is 9.80 Å². The molecule has 1 aromatic rings. The molecular formula is C18H25N3OS2. The number of ether oxygens (including phenoxy) is 1. The van der Waals surface area contributed by atoms with Gasteiger partial charge in [0.25, 0.3) is 0 Å². The second kappa shape index (κ2) is 8.21. The third-order valence-electron chi connectivity index (χ3n) is 4.43. The Morgan fingerprint density at radius 1 is 1.21 bits per heavy atom. The number of hydrogen-bond acceptors (Lipinski definition) is 4. The number of aliphatic imine (C=N–C) groups is 1. The summed E-state index contributed by atoms with van der Waals surface area (Å²) >= 11 is 7.47. The molecule has 0 radical (unpaired) electrons. The van der Waals surface area contributed by atoms with Gasteiger partial charge < -0.3 is 14.5 Å². The fraction of sp³-hybridized carbons (Fsp3) is 0.556. The van der Waals surface area contributed by atoms with Gasteiger partial charge in [0.1, 0.15) is 11.1 Å². The van der Waals surface area contributed by atoms with Crippen LogP contribution in [0, 0.1) is 0 Å². The van der Waals surface area contributed by atoms with Crippen molar-refractivity contribution in [2.75, 3.05) is 26.7 Å². The van der Waals surface area contributed by atoms with Crippen LogP contribution in [0.25, 0.3) is 0 Å². The van der Waals surface area contributed by atoms with Gasteiger partial charge in [-0.05, 0) is 55.6 Å². The van der Waals surface area contributed by atoms with Crippen molar-refractivity contribution in [2.24, 2.45) is 4.99 Å². The first-order chi connectivity index (χ1) is 11.7. The second-order valence-electron chi connectivity index (χ2n) is 6.16. The topological polar surface area (TPSA) is 28.1 Å². The van der Waals surface area contributed by atoms with Crippen molar-refractivity contribution >= 4 is 34.3 Å². The Kier molecular flexibility index (Phi) is 6.00. The molecule has 0 saturated carbocycles. The fourth-order valence-electron chi connectivity index (χ4n) is 3.14. The van der Waals surface area contributed by atoms with E-state index in [1.54, 1.807) is 7.11 Å².